The van der Waals surface area contributed by atoms with E-state index in [1.165, 1.54) is 6.07 Å². The topological polar surface area (TPSA) is 69.2 Å². The number of rotatable bonds is 4. The van der Waals surface area contributed by atoms with Crippen molar-refractivity contribution in [3.05, 3.63) is 39.9 Å². The minimum Gasteiger partial charge on any atom is -0.327 e. The normalized spacial score (nSPS) is 13.4. The van der Waals surface area contributed by atoms with Crippen LogP contribution in [0.1, 0.15) is 32.8 Å². The summed E-state index contributed by atoms with van der Waals surface area (Å²) in [6.45, 7) is 6.24. The van der Waals surface area contributed by atoms with Crippen LogP contribution in [-0.2, 0) is 6.42 Å². The first-order valence-corrected chi connectivity index (χ1v) is 5.80. The second-order valence-corrected chi connectivity index (χ2v) is 5.40. The van der Waals surface area contributed by atoms with Crippen molar-refractivity contribution in [3.8, 4) is 0 Å². The van der Waals surface area contributed by atoms with Crippen molar-refractivity contribution >= 4 is 5.69 Å². The van der Waals surface area contributed by atoms with Crippen LogP contribution in [0, 0.1) is 15.5 Å². The molecule has 1 aromatic rings. The fraction of sp³-hybridized carbons (Fsp3) is 0.538. The summed E-state index contributed by atoms with van der Waals surface area (Å²) in [5.41, 5.74) is 7.04. The largest absolute Gasteiger partial charge is 0.327 e. The molecule has 4 nitrogen and oxygen atoms in total. The first kappa shape index (κ1) is 13.6. The highest BCUT2D eigenvalue weighted by Gasteiger charge is 2.21. The SMILES string of the molecule is CC(C)(C)C(N)CCc1ccccc1[N+](=O)[O-]. The molecule has 0 saturated heterocycles. The van der Waals surface area contributed by atoms with E-state index in [9.17, 15) is 10.1 Å². The average Bonchev–Trinajstić information content (AvgIpc) is 2.24. The van der Waals surface area contributed by atoms with Gasteiger partial charge in [-0.3, -0.25) is 10.1 Å². The third kappa shape index (κ3) is 3.82. The Labute approximate surface area is 102 Å². The van der Waals surface area contributed by atoms with Crippen molar-refractivity contribution in [3.63, 3.8) is 0 Å². The number of nitrogens with zero attached hydrogens (tertiary/aromatic N) is 1. The van der Waals surface area contributed by atoms with Gasteiger partial charge in [0.2, 0.25) is 0 Å². The van der Waals surface area contributed by atoms with Crippen LogP contribution in [0.5, 0.6) is 0 Å². The first-order valence-electron chi connectivity index (χ1n) is 5.80. The molecule has 2 N–H and O–H groups in total. The molecule has 1 unspecified atom stereocenters. The van der Waals surface area contributed by atoms with Gasteiger partial charge < -0.3 is 5.73 Å². The Morgan fingerprint density at radius 2 is 1.94 bits per heavy atom. The van der Waals surface area contributed by atoms with Gasteiger partial charge in [0.05, 0.1) is 4.92 Å². The molecule has 1 rings (SSSR count). The Kier molecular flexibility index (Phi) is 4.23. The smallest absolute Gasteiger partial charge is 0.272 e. The van der Waals surface area contributed by atoms with Gasteiger partial charge in [0.25, 0.3) is 5.69 Å². The summed E-state index contributed by atoms with van der Waals surface area (Å²) in [6, 6.07) is 6.89. The van der Waals surface area contributed by atoms with Crippen LogP contribution in [0.4, 0.5) is 5.69 Å². The number of hydrogen-bond donors (Lipinski definition) is 1. The van der Waals surface area contributed by atoms with Crippen molar-refractivity contribution in [2.75, 3.05) is 0 Å². The van der Waals surface area contributed by atoms with E-state index in [1.807, 2.05) is 6.07 Å². The fourth-order valence-electron chi connectivity index (χ4n) is 1.64. The second kappa shape index (κ2) is 5.27. The van der Waals surface area contributed by atoms with Gasteiger partial charge >= 0.3 is 0 Å². The first-order chi connectivity index (χ1) is 7.82. The Morgan fingerprint density at radius 1 is 1.35 bits per heavy atom. The summed E-state index contributed by atoms with van der Waals surface area (Å²) in [7, 11) is 0. The van der Waals surface area contributed by atoms with Gasteiger partial charge in [-0.15, -0.1) is 0 Å². The van der Waals surface area contributed by atoms with Crippen molar-refractivity contribution in [1.82, 2.24) is 0 Å². The van der Waals surface area contributed by atoms with E-state index in [-0.39, 0.29) is 22.1 Å². The van der Waals surface area contributed by atoms with Gasteiger partial charge in [0.1, 0.15) is 0 Å². The van der Waals surface area contributed by atoms with Crippen LogP contribution in [0.25, 0.3) is 0 Å². The third-order valence-electron chi connectivity index (χ3n) is 3.03. The number of nitrogens with two attached hydrogens (primary N) is 1. The van der Waals surface area contributed by atoms with Gasteiger partial charge in [-0.2, -0.15) is 0 Å². The third-order valence-corrected chi connectivity index (χ3v) is 3.03. The maximum absolute atomic E-state index is 10.8. The summed E-state index contributed by atoms with van der Waals surface area (Å²) < 4.78 is 0. The summed E-state index contributed by atoms with van der Waals surface area (Å²) in [5, 5.41) is 10.8. The van der Waals surface area contributed by atoms with Crippen molar-refractivity contribution in [2.45, 2.75) is 39.7 Å². The average molecular weight is 236 g/mol. The van der Waals surface area contributed by atoms with E-state index in [0.29, 0.717) is 6.42 Å². The monoisotopic (exact) mass is 236 g/mol. The highest BCUT2D eigenvalue weighted by Crippen LogP contribution is 2.24. The zero-order chi connectivity index (χ0) is 13.1. The quantitative estimate of drug-likeness (QED) is 0.645. The maximum Gasteiger partial charge on any atom is 0.272 e. The van der Waals surface area contributed by atoms with Crippen LogP contribution in [0.2, 0.25) is 0 Å². The Hall–Kier alpha value is -1.42. The number of benzene rings is 1. The highest BCUT2D eigenvalue weighted by molar-refractivity contribution is 5.39. The molecule has 0 heterocycles. The minimum atomic E-state index is -0.335. The molecule has 1 aromatic carbocycles. The van der Waals surface area contributed by atoms with E-state index in [0.717, 1.165) is 12.0 Å². The molecule has 17 heavy (non-hydrogen) atoms. The lowest BCUT2D eigenvalue weighted by Gasteiger charge is -2.26. The Bertz CT molecular complexity index is 397. The lowest BCUT2D eigenvalue weighted by Crippen LogP contribution is -2.35. The molecule has 0 saturated carbocycles. The van der Waals surface area contributed by atoms with E-state index in [2.05, 4.69) is 20.8 Å². The minimum absolute atomic E-state index is 0.0313. The molecule has 0 aliphatic heterocycles. The van der Waals surface area contributed by atoms with Crippen LogP contribution < -0.4 is 5.73 Å². The number of para-hydroxylation sites is 1. The molecule has 1 atom stereocenters. The van der Waals surface area contributed by atoms with Gasteiger partial charge in [0.15, 0.2) is 0 Å². The van der Waals surface area contributed by atoms with E-state index in [1.54, 1.807) is 12.1 Å². The van der Waals surface area contributed by atoms with Gasteiger partial charge in [0, 0.05) is 17.7 Å². The molecule has 0 spiro atoms. The van der Waals surface area contributed by atoms with E-state index >= 15 is 0 Å². The summed E-state index contributed by atoms with van der Waals surface area (Å²) >= 11 is 0. The zero-order valence-electron chi connectivity index (χ0n) is 10.6. The van der Waals surface area contributed by atoms with Crippen LogP contribution in [0.3, 0.4) is 0 Å². The molecule has 0 radical (unpaired) electrons. The molecule has 0 amide bonds. The predicted octanol–water partition coefficient (Wildman–Crippen LogP) is 2.90. The lowest BCUT2D eigenvalue weighted by atomic mass is 9.84. The van der Waals surface area contributed by atoms with Gasteiger partial charge in [-0.1, -0.05) is 39.0 Å². The molecule has 4 heteroatoms. The fourth-order valence-corrected chi connectivity index (χ4v) is 1.64. The molecule has 0 aliphatic carbocycles. The van der Waals surface area contributed by atoms with Gasteiger partial charge in [-0.05, 0) is 18.3 Å². The van der Waals surface area contributed by atoms with Crippen molar-refractivity contribution < 1.29 is 4.92 Å². The van der Waals surface area contributed by atoms with Crippen molar-refractivity contribution in [1.29, 1.82) is 0 Å². The molecule has 0 fully saturated rings. The molecule has 0 aliphatic rings. The van der Waals surface area contributed by atoms with Crippen LogP contribution >= 0.6 is 0 Å². The Morgan fingerprint density at radius 3 is 2.47 bits per heavy atom. The van der Waals surface area contributed by atoms with Gasteiger partial charge in [-0.25, -0.2) is 0 Å². The van der Waals surface area contributed by atoms with E-state index < -0.39 is 0 Å². The number of nitro benzene ring substituents is 1. The number of aryl methyl sites for hydroxylation is 1. The van der Waals surface area contributed by atoms with Crippen LogP contribution in [-0.4, -0.2) is 11.0 Å². The summed E-state index contributed by atoms with van der Waals surface area (Å²) in [5.74, 6) is 0. The van der Waals surface area contributed by atoms with Crippen LogP contribution in [0.15, 0.2) is 24.3 Å². The molecular weight excluding hydrogens is 216 g/mol. The summed E-state index contributed by atoms with van der Waals surface area (Å²) in [4.78, 5) is 10.5. The molecule has 94 valence electrons. The standard InChI is InChI=1S/C13H20N2O2/c1-13(2,3)12(14)9-8-10-6-4-5-7-11(10)15(16)17/h4-7,12H,8-9,14H2,1-3H3. The predicted molar refractivity (Wildman–Crippen MR) is 68.8 cm³/mol. The highest BCUT2D eigenvalue weighted by atomic mass is 16.6. The Balaban J connectivity index is 2.73. The van der Waals surface area contributed by atoms with Crippen molar-refractivity contribution in [2.24, 2.45) is 11.1 Å². The number of nitro groups is 1. The molecule has 0 aromatic heterocycles. The second-order valence-electron chi connectivity index (χ2n) is 5.40. The summed E-state index contributed by atoms with van der Waals surface area (Å²) in [6.07, 6.45) is 1.41. The molecular formula is C13H20N2O2. The van der Waals surface area contributed by atoms with E-state index in [4.69, 9.17) is 5.73 Å². The zero-order valence-corrected chi connectivity index (χ0v) is 10.6. The lowest BCUT2D eigenvalue weighted by molar-refractivity contribution is -0.385. The maximum atomic E-state index is 10.8. The number of hydrogen-bond acceptors (Lipinski definition) is 3. The molecule has 0 bridgehead atoms.